The number of hydrogen-bond acceptors (Lipinski definition) is 4. The number of unbranched alkanes of at least 4 members (excludes halogenated alkanes) is 1. The minimum absolute atomic E-state index is 0.179. The normalized spacial score (nSPS) is 11.6. The molecule has 0 aliphatic rings. The molecular weight excluding hydrogens is 278 g/mol. The minimum atomic E-state index is -3.62. The standard InChI is InChI=1S/C13H21N3O3S/c1-16(11-13(17)15-10-6-5-9-14)20(18,19)12-7-3-2-4-8-12/h2-4,7-8H,5-6,9-11,14H2,1H3,(H,15,17). The molecular formula is C13H21N3O3S. The van der Waals surface area contributed by atoms with Gasteiger partial charge in [0.15, 0.2) is 0 Å². The molecule has 3 N–H and O–H groups in total. The van der Waals surface area contributed by atoms with Gasteiger partial charge in [-0.15, -0.1) is 0 Å². The highest BCUT2D eigenvalue weighted by molar-refractivity contribution is 7.89. The van der Waals surface area contributed by atoms with Crippen molar-refractivity contribution in [1.29, 1.82) is 0 Å². The topological polar surface area (TPSA) is 92.5 Å². The van der Waals surface area contributed by atoms with Crippen LogP contribution in [0.5, 0.6) is 0 Å². The Bertz CT molecular complexity index is 517. The summed E-state index contributed by atoms with van der Waals surface area (Å²) in [6.45, 7) is 0.896. The molecule has 0 unspecified atom stereocenters. The van der Waals surface area contributed by atoms with Crippen LogP contribution in [-0.4, -0.2) is 45.3 Å². The number of sulfonamides is 1. The molecule has 0 spiro atoms. The first-order valence-electron chi connectivity index (χ1n) is 6.46. The summed E-state index contributed by atoms with van der Waals surface area (Å²) in [5.74, 6) is -0.316. The van der Waals surface area contributed by atoms with Crippen molar-refractivity contribution < 1.29 is 13.2 Å². The number of benzene rings is 1. The summed E-state index contributed by atoms with van der Waals surface area (Å²) in [4.78, 5) is 11.8. The van der Waals surface area contributed by atoms with E-state index in [0.29, 0.717) is 13.1 Å². The Hall–Kier alpha value is -1.44. The van der Waals surface area contributed by atoms with E-state index in [1.54, 1.807) is 18.2 Å². The number of nitrogens with two attached hydrogens (primary N) is 1. The van der Waals surface area contributed by atoms with E-state index in [9.17, 15) is 13.2 Å². The highest BCUT2D eigenvalue weighted by Gasteiger charge is 2.22. The number of nitrogens with one attached hydrogen (secondary N) is 1. The minimum Gasteiger partial charge on any atom is -0.355 e. The first-order valence-corrected chi connectivity index (χ1v) is 7.90. The summed E-state index contributed by atoms with van der Waals surface area (Å²) in [5.41, 5.74) is 5.35. The van der Waals surface area contributed by atoms with E-state index in [1.165, 1.54) is 19.2 Å². The Balaban J connectivity index is 2.53. The maximum absolute atomic E-state index is 12.2. The smallest absolute Gasteiger partial charge is 0.243 e. The molecule has 112 valence electrons. The summed E-state index contributed by atoms with van der Waals surface area (Å²) in [6.07, 6.45) is 1.62. The second-order valence-corrected chi connectivity index (χ2v) is 6.46. The lowest BCUT2D eigenvalue weighted by molar-refractivity contribution is -0.121. The Morgan fingerprint density at radius 1 is 1.25 bits per heavy atom. The molecule has 0 bridgehead atoms. The third-order valence-corrected chi connectivity index (χ3v) is 4.59. The van der Waals surface area contributed by atoms with Crippen LogP contribution in [0.1, 0.15) is 12.8 Å². The van der Waals surface area contributed by atoms with E-state index in [2.05, 4.69) is 5.32 Å². The van der Waals surface area contributed by atoms with Crippen LogP contribution in [0.2, 0.25) is 0 Å². The Morgan fingerprint density at radius 2 is 1.90 bits per heavy atom. The van der Waals surface area contributed by atoms with Crippen LogP contribution >= 0.6 is 0 Å². The van der Waals surface area contributed by atoms with Crippen molar-refractivity contribution in [3.05, 3.63) is 30.3 Å². The molecule has 1 aromatic carbocycles. The first-order chi connectivity index (χ1) is 9.48. The fourth-order valence-corrected chi connectivity index (χ4v) is 2.76. The number of likely N-dealkylation sites (N-methyl/N-ethyl adjacent to an activating group) is 1. The molecule has 1 aromatic rings. The number of hydrogen-bond donors (Lipinski definition) is 2. The second kappa shape index (κ2) is 7.98. The monoisotopic (exact) mass is 299 g/mol. The van der Waals surface area contributed by atoms with Crippen LogP contribution in [-0.2, 0) is 14.8 Å². The number of carbonyl (C=O) groups excluding carboxylic acids is 1. The van der Waals surface area contributed by atoms with E-state index >= 15 is 0 Å². The van der Waals surface area contributed by atoms with Crippen LogP contribution in [0.25, 0.3) is 0 Å². The van der Waals surface area contributed by atoms with Gasteiger partial charge in [0, 0.05) is 13.6 Å². The third kappa shape index (κ3) is 4.92. The summed E-state index contributed by atoms with van der Waals surface area (Å²) in [5, 5.41) is 2.67. The van der Waals surface area contributed by atoms with Gasteiger partial charge in [0.25, 0.3) is 0 Å². The molecule has 0 radical (unpaired) electrons. The van der Waals surface area contributed by atoms with Crippen LogP contribution < -0.4 is 11.1 Å². The molecule has 7 heteroatoms. The zero-order chi connectivity index (χ0) is 15.0. The average Bonchev–Trinajstić information content (AvgIpc) is 2.44. The van der Waals surface area contributed by atoms with Gasteiger partial charge in [0.2, 0.25) is 15.9 Å². The van der Waals surface area contributed by atoms with Crippen molar-refractivity contribution in [3.8, 4) is 0 Å². The Morgan fingerprint density at radius 3 is 2.50 bits per heavy atom. The molecule has 0 heterocycles. The zero-order valence-electron chi connectivity index (χ0n) is 11.6. The molecule has 1 rings (SSSR count). The van der Waals surface area contributed by atoms with E-state index in [1.807, 2.05) is 0 Å². The molecule has 0 atom stereocenters. The van der Waals surface area contributed by atoms with Crippen LogP contribution in [0.3, 0.4) is 0 Å². The molecule has 0 fully saturated rings. The molecule has 0 aromatic heterocycles. The largest absolute Gasteiger partial charge is 0.355 e. The Labute approximate surface area is 120 Å². The van der Waals surface area contributed by atoms with Gasteiger partial charge in [0.1, 0.15) is 0 Å². The van der Waals surface area contributed by atoms with Gasteiger partial charge in [-0.1, -0.05) is 18.2 Å². The van der Waals surface area contributed by atoms with Crippen LogP contribution in [0.4, 0.5) is 0 Å². The van der Waals surface area contributed by atoms with Crippen molar-refractivity contribution in [2.45, 2.75) is 17.7 Å². The number of carbonyl (C=O) groups is 1. The van der Waals surface area contributed by atoms with E-state index in [4.69, 9.17) is 5.73 Å². The van der Waals surface area contributed by atoms with Crippen molar-refractivity contribution in [1.82, 2.24) is 9.62 Å². The first kappa shape index (κ1) is 16.6. The Kier molecular flexibility index (Phi) is 6.63. The van der Waals surface area contributed by atoms with Gasteiger partial charge in [-0.05, 0) is 31.5 Å². The van der Waals surface area contributed by atoms with Crippen LogP contribution in [0, 0.1) is 0 Å². The summed E-state index contributed by atoms with van der Waals surface area (Å²) >= 11 is 0. The predicted octanol–water partition coefficient (Wildman–Crippen LogP) is 0.162. The predicted molar refractivity (Wildman–Crippen MR) is 77.6 cm³/mol. The quantitative estimate of drug-likeness (QED) is 0.669. The lowest BCUT2D eigenvalue weighted by Gasteiger charge is -2.16. The van der Waals surface area contributed by atoms with Crippen LogP contribution in [0.15, 0.2) is 35.2 Å². The SMILES string of the molecule is CN(CC(=O)NCCCCN)S(=O)(=O)c1ccccc1. The number of rotatable bonds is 8. The molecule has 0 saturated carbocycles. The maximum Gasteiger partial charge on any atom is 0.243 e. The van der Waals surface area contributed by atoms with Crippen molar-refractivity contribution in [3.63, 3.8) is 0 Å². The van der Waals surface area contributed by atoms with Gasteiger partial charge in [-0.25, -0.2) is 8.42 Å². The van der Waals surface area contributed by atoms with Gasteiger partial charge >= 0.3 is 0 Å². The fraction of sp³-hybridized carbons (Fsp3) is 0.462. The summed E-state index contributed by atoms with van der Waals surface area (Å²) in [6, 6.07) is 8.04. The van der Waals surface area contributed by atoms with Gasteiger partial charge in [-0.2, -0.15) is 4.31 Å². The van der Waals surface area contributed by atoms with E-state index in [-0.39, 0.29) is 17.3 Å². The summed E-state index contributed by atoms with van der Waals surface area (Å²) in [7, 11) is -2.23. The lowest BCUT2D eigenvalue weighted by Crippen LogP contribution is -2.38. The molecule has 0 aliphatic heterocycles. The molecule has 0 saturated heterocycles. The third-order valence-electron chi connectivity index (χ3n) is 2.77. The van der Waals surface area contributed by atoms with Gasteiger partial charge in [0.05, 0.1) is 11.4 Å². The second-order valence-electron chi connectivity index (χ2n) is 4.42. The fourth-order valence-electron chi connectivity index (χ4n) is 1.61. The molecule has 1 amide bonds. The summed E-state index contributed by atoms with van der Waals surface area (Å²) < 4.78 is 25.4. The zero-order valence-corrected chi connectivity index (χ0v) is 12.4. The number of amides is 1. The molecule has 20 heavy (non-hydrogen) atoms. The van der Waals surface area contributed by atoms with Gasteiger partial charge in [-0.3, -0.25) is 4.79 Å². The maximum atomic E-state index is 12.2. The highest BCUT2D eigenvalue weighted by Crippen LogP contribution is 2.12. The van der Waals surface area contributed by atoms with Crippen molar-refractivity contribution >= 4 is 15.9 Å². The molecule has 6 nitrogen and oxygen atoms in total. The van der Waals surface area contributed by atoms with Crippen molar-refractivity contribution in [2.75, 3.05) is 26.7 Å². The van der Waals surface area contributed by atoms with E-state index in [0.717, 1.165) is 17.1 Å². The highest BCUT2D eigenvalue weighted by atomic mass is 32.2. The lowest BCUT2D eigenvalue weighted by atomic mass is 10.3. The van der Waals surface area contributed by atoms with Crippen molar-refractivity contribution in [2.24, 2.45) is 5.73 Å². The van der Waals surface area contributed by atoms with Gasteiger partial charge < -0.3 is 11.1 Å². The average molecular weight is 299 g/mol. The number of nitrogens with zero attached hydrogens (tertiary/aromatic N) is 1. The molecule has 0 aliphatic carbocycles. The van der Waals surface area contributed by atoms with E-state index < -0.39 is 10.0 Å².